The molecule has 0 aliphatic heterocycles. The summed E-state index contributed by atoms with van der Waals surface area (Å²) in [6, 6.07) is 91.0. The molecule has 3 heteroatoms. The first kappa shape index (κ1) is 41.6. The quantitative estimate of drug-likeness (QED) is 0.159. The molecule has 344 valence electrons. The van der Waals surface area contributed by atoms with Gasteiger partial charge in [0.25, 0.3) is 0 Å². The van der Waals surface area contributed by atoms with Gasteiger partial charge in [-0.2, -0.15) is 0 Å². The van der Waals surface area contributed by atoms with Crippen LogP contribution in [-0.4, -0.2) is 0 Å². The van der Waals surface area contributed by atoms with E-state index in [-0.39, 0.29) is 5.41 Å². The van der Waals surface area contributed by atoms with Crippen LogP contribution in [0.15, 0.2) is 258 Å². The zero-order chi connectivity index (χ0) is 48.4. The first-order valence-corrected chi connectivity index (χ1v) is 25.3. The molecule has 0 atom stereocenters. The highest BCUT2D eigenvalue weighted by molar-refractivity contribution is 6.11. The van der Waals surface area contributed by atoms with Gasteiger partial charge in [-0.1, -0.05) is 208 Å². The molecule has 11 aromatic carbocycles. The second kappa shape index (κ2) is 15.7. The minimum atomic E-state index is -0.491. The average molecular weight is 934 g/mol. The van der Waals surface area contributed by atoms with Gasteiger partial charge in [-0.15, -0.1) is 0 Å². The summed E-state index contributed by atoms with van der Waals surface area (Å²) in [5, 5.41) is 4.54. The van der Waals surface area contributed by atoms with E-state index in [2.05, 4.69) is 255 Å². The third-order valence-electron chi connectivity index (χ3n) is 16.2. The number of rotatable bonds is 7. The van der Waals surface area contributed by atoms with Crippen molar-refractivity contribution in [2.75, 3.05) is 4.90 Å². The Kier molecular flexibility index (Phi) is 8.92. The first-order valence-electron chi connectivity index (χ1n) is 25.3. The first-order chi connectivity index (χ1) is 35.9. The predicted octanol–water partition coefficient (Wildman–Crippen LogP) is 19.0. The number of anilines is 3. The molecule has 2 aromatic heterocycles. The second-order valence-corrected chi connectivity index (χ2v) is 20.3. The maximum atomic E-state index is 6.55. The molecule has 0 spiro atoms. The van der Waals surface area contributed by atoms with Gasteiger partial charge in [0.15, 0.2) is 0 Å². The Morgan fingerprint density at radius 3 is 1.41 bits per heavy atom. The molecule has 13 aromatic rings. The Labute approximate surface area is 423 Å². The topological polar surface area (TPSA) is 29.5 Å². The Morgan fingerprint density at radius 2 is 0.753 bits per heavy atom. The Hall–Kier alpha value is -9.18. The van der Waals surface area contributed by atoms with Gasteiger partial charge in [0.2, 0.25) is 0 Å². The van der Waals surface area contributed by atoms with Gasteiger partial charge in [0.1, 0.15) is 22.3 Å². The van der Waals surface area contributed by atoms with Crippen molar-refractivity contribution < 1.29 is 8.83 Å². The van der Waals surface area contributed by atoms with Gasteiger partial charge in [0, 0.05) is 55.1 Å². The highest BCUT2D eigenvalue weighted by atomic mass is 16.3. The smallest absolute Gasteiger partial charge is 0.143 e. The summed E-state index contributed by atoms with van der Waals surface area (Å²) in [4.78, 5) is 2.45. The van der Waals surface area contributed by atoms with Crippen molar-refractivity contribution in [3.05, 3.63) is 282 Å². The van der Waals surface area contributed by atoms with Crippen molar-refractivity contribution in [2.24, 2.45) is 0 Å². The molecule has 2 aliphatic carbocycles. The van der Waals surface area contributed by atoms with Gasteiger partial charge in [-0.25, -0.2) is 0 Å². The zero-order valence-corrected chi connectivity index (χ0v) is 40.4. The van der Waals surface area contributed by atoms with Crippen molar-refractivity contribution in [3.63, 3.8) is 0 Å². The summed E-state index contributed by atoms with van der Waals surface area (Å²) in [6.07, 6.45) is 0. The SMILES string of the molecule is CC1(C)c2cc(-c3cccc4c3oc3ccccc34)ccc2-c2ccc(N(c3ccc(-c4cccc5c4oc4ccccc45)cc3)c3ccc4c(c3)-c3ccccc3C4(c3ccccc3)c3ccccc3)cc21. The van der Waals surface area contributed by atoms with E-state index >= 15 is 0 Å². The van der Waals surface area contributed by atoms with Crippen molar-refractivity contribution in [1.29, 1.82) is 0 Å². The van der Waals surface area contributed by atoms with Crippen molar-refractivity contribution in [1.82, 2.24) is 0 Å². The fourth-order valence-corrected chi connectivity index (χ4v) is 12.8. The molecule has 0 unspecified atom stereocenters. The molecule has 0 saturated carbocycles. The van der Waals surface area contributed by atoms with Crippen LogP contribution in [0.5, 0.6) is 0 Å². The van der Waals surface area contributed by atoms with Crippen molar-refractivity contribution in [3.8, 4) is 44.5 Å². The number of para-hydroxylation sites is 4. The summed E-state index contributed by atoms with van der Waals surface area (Å²) in [5.41, 5.74) is 23.3. The molecule has 0 saturated heterocycles. The van der Waals surface area contributed by atoms with Crippen LogP contribution in [0.3, 0.4) is 0 Å². The van der Waals surface area contributed by atoms with Crippen LogP contribution in [0.2, 0.25) is 0 Å². The normalized spacial score (nSPS) is 13.8. The van der Waals surface area contributed by atoms with Gasteiger partial charge in [0.05, 0.1) is 5.41 Å². The van der Waals surface area contributed by atoms with Crippen LogP contribution in [0.4, 0.5) is 17.1 Å². The minimum absolute atomic E-state index is 0.291. The lowest BCUT2D eigenvalue weighted by atomic mass is 9.68. The maximum Gasteiger partial charge on any atom is 0.143 e. The molecule has 0 N–H and O–H groups in total. The predicted molar refractivity (Wildman–Crippen MR) is 301 cm³/mol. The number of furan rings is 2. The van der Waals surface area contributed by atoms with Crippen LogP contribution in [0, 0.1) is 0 Å². The van der Waals surface area contributed by atoms with Crippen LogP contribution < -0.4 is 4.90 Å². The molecule has 73 heavy (non-hydrogen) atoms. The number of fused-ring (bicyclic) bond motifs is 12. The van der Waals surface area contributed by atoms with Crippen molar-refractivity contribution >= 4 is 60.9 Å². The minimum Gasteiger partial charge on any atom is -0.455 e. The number of nitrogens with zero attached hydrogens (tertiary/aromatic N) is 1. The van der Waals surface area contributed by atoms with Gasteiger partial charge >= 0.3 is 0 Å². The Bertz CT molecular complexity index is 4310. The Balaban J connectivity index is 0.894. The molecule has 0 fully saturated rings. The third kappa shape index (κ3) is 6.00. The highest BCUT2D eigenvalue weighted by Gasteiger charge is 2.46. The van der Waals surface area contributed by atoms with E-state index in [1.807, 2.05) is 12.1 Å². The molecular weight excluding hydrogens is 887 g/mol. The Morgan fingerprint density at radius 1 is 0.301 bits per heavy atom. The van der Waals surface area contributed by atoms with E-state index in [1.54, 1.807) is 0 Å². The fourth-order valence-electron chi connectivity index (χ4n) is 12.8. The van der Waals surface area contributed by atoms with Crippen LogP contribution in [0.1, 0.15) is 47.2 Å². The largest absolute Gasteiger partial charge is 0.455 e. The second-order valence-electron chi connectivity index (χ2n) is 20.3. The zero-order valence-electron chi connectivity index (χ0n) is 40.4. The summed E-state index contributed by atoms with van der Waals surface area (Å²) >= 11 is 0. The van der Waals surface area contributed by atoms with Crippen LogP contribution in [-0.2, 0) is 10.8 Å². The lowest BCUT2D eigenvalue weighted by Crippen LogP contribution is -2.28. The fraction of sp³-hybridized carbons (Fsp3) is 0.0571. The molecule has 2 aliphatic rings. The molecule has 2 heterocycles. The van der Waals surface area contributed by atoms with E-state index in [9.17, 15) is 0 Å². The lowest BCUT2D eigenvalue weighted by Gasteiger charge is -2.34. The monoisotopic (exact) mass is 933 g/mol. The van der Waals surface area contributed by atoms with E-state index in [1.165, 1.54) is 55.6 Å². The van der Waals surface area contributed by atoms with Gasteiger partial charge < -0.3 is 13.7 Å². The third-order valence-corrected chi connectivity index (χ3v) is 16.2. The number of hydrogen-bond acceptors (Lipinski definition) is 3. The van der Waals surface area contributed by atoms with Gasteiger partial charge in [-0.05, 0) is 121 Å². The molecule has 15 rings (SSSR count). The van der Waals surface area contributed by atoms with Crippen LogP contribution >= 0.6 is 0 Å². The van der Waals surface area contributed by atoms with E-state index in [0.717, 1.165) is 83.2 Å². The summed E-state index contributed by atoms with van der Waals surface area (Å²) in [6.45, 7) is 4.76. The summed E-state index contributed by atoms with van der Waals surface area (Å²) in [5.74, 6) is 0. The van der Waals surface area contributed by atoms with E-state index in [0.29, 0.717) is 0 Å². The van der Waals surface area contributed by atoms with E-state index in [4.69, 9.17) is 8.83 Å². The number of benzene rings is 11. The van der Waals surface area contributed by atoms with Crippen molar-refractivity contribution in [2.45, 2.75) is 24.7 Å². The maximum absolute atomic E-state index is 6.55. The number of hydrogen-bond donors (Lipinski definition) is 0. The molecular formula is C70H47NO2. The standard InChI is InChI=1S/C70H47NO2/c1-69(2)63-41-45(52-25-16-27-59-57-23-11-14-30-66(57)73-68(52)59)33-38-54(63)55-39-36-50(43-64(55)69)71(48-34-31-44(32-35-48)51-24-15-26-58-56-22-10-13-29-65(56)72-67(51)58)49-37-40-62-60(42-49)53-21-9-12-28-61(53)70(62,46-17-5-3-6-18-46)47-19-7-4-8-20-47/h3-43H,1-2H3. The van der Waals surface area contributed by atoms with Crippen LogP contribution in [0.25, 0.3) is 88.4 Å². The lowest BCUT2D eigenvalue weighted by molar-refractivity contribution is 0.660. The van der Waals surface area contributed by atoms with Gasteiger partial charge in [-0.3, -0.25) is 0 Å². The molecule has 0 radical (unpaired) electrons. The summed E-state index contributed by atoms with van der Waals surface area (Å²) < 4.78 is 13.1. The summed E-state index contributed by atoms with van der Waals surface area (Å²) in [7, 11) is 0. The van der Waals surface area contributed by atoms with E-state index < -0.39 is 5.41 Å². The molecule has 3 nitrogen and oxygen atoms in total. The molecule has 0 bridgehead atoms. The molecule has 0 amide bonds. The average Bonchev–Trinajstić information content (AvgIpc) is 4.22. The highest BCUT2D eigenvalue weighted by Crippen LogP contribution is 2.58.